The Kier molecular flexibility index (Phi) is 4.06. The molecule has 0 aromatic carbocycles. The van der Waals surface area contributed by atoms with E-state index in [0.29, 0.717) is 0 Å². The van der Waals surface area contributed by atoms with Gasteiger partial charge < -0.3 is 4.74 Å². The molecule has 0 fully saturated rings. The summed E-state index contributed by atoms with van der Waals surface area (Å²) in [5.41, 5.74) is 0. The van der Waals surface area contributed by atoms with Gasteiger partial charge in [-0.25, -0.2) is 0 Å². The summed E-state index contributed by atoms with van der Waals surface area (Å²) in [6.45, 7) is 1.76. The monoisotopic (exact) mass is 182 g/mol. The van der Waals surface area contributed by atoms with E-state index in [0.717, 1.165) is 7.11 Å². The number of esters is 1. The molecule has 0 aromatic rings. The van der Waals surface area contributed by atoms with Crippen LogP contribution >= 0.6 is 0 Å². The zero-order valence-corrected chi connectivity index (χ0v) is 7.18. The van der Waals surface area contributed by atoms with Gasteiger partial charge >= 0.3 is 5.97 Å². The van der Waals surface area contributed by atoms with Crippen LogP contribution in [0.3, 0.4) is 0 Å². The Hall–Kier alpha value is -0.620. The third kappa shape index (κ3) is 4.74. The number of hydrogen-bond donors (Lipinski definition) is 0. The van der Waals surface area contributed by atoms with Crippen LogP contribution in [0.4, 0.5) is 0 Å². The van der Waals surface area contributed by atoms with E-state index in [4.69, 9.17) is 0 Å². The molecular weight excluding hydrogens is 172 g/mol. The minimum Gasteiger partial charge on any atom is -0.465 e. The van der Waals surface area contributed by atoms with Crippen molar-refractivity contribution >= 4 is 16.1 Å². The molecule has 0 N–H and O–H groups in total. The summed E-state index contributed by atoms with van der Waals surface area (Å²) >= 11 is 0. The fraction of sp³-hybridized carbons (Fsp3) is 0.800. The van der Waals surface area contributed by atoms with Crippen molar-refractivity contribution in [2.75, 3.05) is 19.5 Å². The average molecular weight is 182 g/mol. The van der Waals surface area contributed by atoms with Gasteiger partial charge in [0.1, 0.15) is 0 Å². The minimum atomic E-state index is -3.72. The Balaban J connectivity index is 3.95. The van der Waals surface area contributed by atoms with E-state index in [1.54, 1.807) is 6.92 Å². The van der Waals surface area contributed by atoms with Crippen LogP contribution in [0.15, 0.2) is 0 Å². The van der Waals surface area contributed by atoms with E-state index in [1.807, 2.05) is 0 Å². The molecule has 0 atom stereocenters. The highest BCUT2D eigenvalue weighted by molar-refractivity contribution is 7.87. The summed E-state index contributed by atoms with van der Waals surface area (Å²) in [6, 6.07) is 0. The first-order chi connectivity index (χ1) is 5.02. The third-order valence-corrected chi connectivity index (χ3v) is 1.95. The van der Waals surface area contributed by atoms with Crippen molar-refractivity contribution in [1.29, 1.82) is 0 Å². The lowest BCUT2D eigenvalue weighted by Gasteiger charge is -2.00. The molecular formula is C5H10O5S. The molecule has 0 aliphatic carbocycles. The lowest BCUT2D eigenvalue weighted by molar-refractivity contribution is -0.140. The Morgan fingerprint density at radius 1 is 1.45 bits per heavy atom. The number of rotatable bonds is 4. The lowest BCUT2D eigenvalue weighted by Crippen LogP contribution is -2.19. The second-order valence-electron chi connectivity index (χ2n) is 1.67. The normalized spacial score (nSPS) is 11.1. The highest BCUT2D eigenvalue weighted by Gasteiger charge is 2.15. The molecule has 0 saturated heterocycles. The molecule has 0 heterocycles. The predicted octanol–water partition coefficient (Wildman–Crippen LogP) is -0.474. The van der Waals surface area contributed by atoms with E-state index in [9.17, 15) is 13.2 Å². The van der Waals surface area contributed by atoms with Crippen LogP contribution in [0.25, 0.3) is 0 Å². The van der Waals surface area contributed by atoms with Crippen LogP contribution in [0.5, 0.6) is 0 Å². The zero-order chi connectivity index (χ0) is 8.91. The van der Waals surface area contributed by atoms with Gasteiger partial charge in [-0.2, -0.15) is 8.42 Å². The molecule has 0 spiro atoms. The fourth-order valence-corrected chi connectivity index (χ4v) is 0.896. The lowest BCUT2D eigenvalue weighted by atomic mass is 10.8. The first-order valence-corrected chi connectivity index (χ1v) is 4.53. The molecule has 5 nitrogen and oxygen atoms in total. The molecule has 0 saturated carbocycles. The largest absolute Gasteiger partial charge is 0.465 e. The third-order valence-electron chi connectivity index (χ3n) is 0.854. The quantitative estimate of drug-likeness (QED) is 0.434. The molecule has 0 radical (unpaired) electrons. The average Bonchev–Trinajstić information content (AvgIpc) is 1.87. The van der Waals surface area contributed by atoms with E-state index < -0.39 is 21.8 Å². The van der Waals surface area contributed by atoms with Crippen molar-refractivity contribution in [3.05, 3.63) is 0 Å². The van der Waals surface area contributed by atoms with Gasteiger partial charge in [0, 0.05) is 0 Å². The van der Waals surface area contributed by atoms with E-state index in [1.165, 1.54) is 0 Å². The molecule has 0 rings (SSSR count). The van der Waals surface area contributed by atoms with Gasteiger partial charge in [-0.15, -0.1) is 0 Å². The van der Waals surface area contributed by atoms with Gasteiger partial charge in [0.15, 0.2) is 5.75 Å². The second-order valence-corrected chi connectivity index (χ2v) is 3.41. The molecule has 6 heteroatoms. The Morgan fingerprint density at radius 3 is 2.36 bits per heavy atom. The Morgan fingerprint density at radius 2 is 2.00 bits per heavy atom. The van der Waals surface area contributed by atoms with Crippen molar-refractivity contribution in [1.82, 2.24) is 0 Å². The first kappa shape index (κ1) is 10.4. The zero-order valence-electron chi connectivity index (χ0n) is 6.36. The standard InChI is InChI=1S/C5H10O5S/c1-3-10-5(6)4-11(7,8)9-2/h3-4H2,1-2H3. The molecule has 66 valence electrons. The predicted molar refractivity (Wildman–Crippen MR) is 37.4 cm³/mol. The summed E-state index contributed by atoms with van der Waals surface area (Å²) in [4.78, 5) is 10.5. The molecule has 0 unspecified atom stereocenters. The summed E-state index contributed by atoms with van der Waals surface area (Å²) in [7, 11) is -2.72. The van der Waals surface area contributed by atoms with Crippen LogP contribution in [0, 0.1) is 0 Å². The van der Waals surface area contributed by atoms with Gasteiger partial charge in [-0.3, -0.25) is 8.98 Å². The highest BCUT2D eigenvalue weighted by Crippen LogP contribution is 1.91. The van der Waals surface area contributed by atoms with Crippen molar-refractivity contribution in [2.45, 2.75) is 6.92 Å². The first-order valence-electron chi connectivity index (χ1n) is 2.95. The Bertz CT molecular complexity index is 217. The van der Waals surface area contributed by atoms with E-state index >= 15 is 0 Å². The summed E-state index contributed by atoms with van der Waals surface area (Å²) < 4.78 is 29.5. The molecule has 0 bridgehead atoms. The minimum absolute atomic E-state index is 0.165. The van der Waals surface area contributed by atoms with E-state index in [-0.39, 0.29) is 6.61 Å². The van der Waals surface area contributed by atoms with Crippen molar-refractivity contribution in [2.24, 2.45) is 0 Å². The second kappa shape index (κ2) is 4.30. The van der Waals surface area contributed by atoms with Gasteiger partial charge in [-0.1, -0.05) is 0 Å². The van der Waals surface area contributed by atoms with Crippen LogP contribution in [-0.2, 0) is 23.8 Å². The number of carbonyl (C=O) groups is 1. The van der Waals surface area contributed by atoms with Crippen molar-refractivity contribution in [3.63, 3.8) is 0 Å². The smallest absolute Gasteiger partial charge is 0.323 e. The van der Waals surface area contributed by atoms with Crippen LogP contribution in [0.2, 0.25) is 0 Å². The summed E-state index contributed by atoms with van der Waals surface area (Å²) in [5.74, 6) is -1.52. The van der Waals surface area contributed by atoms with Gasteiger partial charge in [0.25, 0.3) is 10.1 Å². The van der Waals surface area contributed by atoms with Crippen LogP contribution in [0.1, 0.15) is 6.92 Å². The molecule has 0 aliphatic heterocycles. The van der Waals surface area contributed by atoms with Gasteiger partial charge in [-0.05, 0) is 6.92 Å². The maximum absolute atomic E-state index is 10.6. The van der Waals surface area contributed by atoms with Crippen molar-refractivity contribution < 1.29 is 22.1 Å². The van der Waals surface area contributed by atoms with E-state index in [2.05, 4.69) is 8.92 Å². The Labute approximate surface area is 65.4 Å². The van der Waals surface area contributed by atoms with Crippen molar-refractivity contribution in [3.8, 4) is 0 Å². The highest BCUT2D eigenvalue weighted by atomic mass is 32.2. The van der Waals surface area contributed by atoms with Crippen LogP contribution in [-0.4, -0.2) is 33.9 Å². The number of ether oxygens (including phenoxy) is 1. The molecule has 0 aromatic heterocycles. The van der Waals surface area contributed by atoms with Gasteiger partial charge in [0.2, 0.25) is 0 Å². The maximum Gasteiger partial charge on any atom is 0.323 e. The molecule has 0 aliphatic rings. The maximum atomic E-state index is 10.6. The fourth-order valence-electron chi connectivity index (χ4n) is 0.406. The molecule has 0 amide bonds. The van der Waals surface area contributed by atoms with Gasteiger partial charge in [0.05, 0.1) is 13.7 Å². The summed E-state index contributed by atoms with van der Waals surface area (Å²) in [6.07, 6.45) is 0. The SMILES string of the molecule is CCOC(=O)CS(=O)(=O)OC. The number of carbonyl (C=O) groups excluding carboxylic acids is 1. The molecule has 11 heavy (non-hydrogen) atoms. The number of hydrogen-bond acceptors (Lipinski definition) is 5. The summed E-state index contributed by atoms with van der Waals surface area (Å²) in [5, 5.41) is 0. The topological polar surface area (TPSA) is 69.7 Å². The van der Waals surface area contributed by atoms with Crippen LogP contribution < -0.4 is 0 Å².